The van der Waals surface area contributed by atoms with Crippen LogP contribution < -0.4 is 4.74 Å². The van der Waals surface area contributed by atoms with Gasteiger partial charge in [-0.05, 0) is 18.2 Å². The van der Waals surface area contributed by atoms with Crippen LogP contribution >= 0.6 is 0 Å². The van der Waals surface area contributed by atoms with Gasteiger partial charge in [-0.3, -0.25) is 0 Å². The largest absolute Gasteiger partial charge is 0.496 e. The fourth-order valence-corrected chi connectivity index (χ4v) is 3.41. The number of para-hydroxylation sites is 1. The number of benzene rings is 2. The van der Waals surface area contributed by atoms with Crippen LogP contribution in [-0.2, 0) is 4.74 Å². The normalized spacial score (nSPS) is 11.5. The van der Waals surface area contributed by atoms with Gasteiger partial charge in [-0.2, -0.15) is 0 Å². The number of hydrogen-bond donors (Lipinski definition) is 2. The van der Waals surface area contributed by atoms with Gasteiger partial charge in [0.15, 0.2) is 0 Å². The van der Waals surface area contributed by atoms with Gasteiger partial charge in [0.2, 0.25) is 0 Å². The van der Waals surface area contributed by atoms with Crippen LogP contribution in [-0.4, -0.2) is 40.8 Å². The Bertz CT molecular complexity index is 1300. The Kier molecular flexibility index (Phi) is 6.97. The summed E-state index contributed by atoms with van der Waals surface area (Å²) in [6.07, 6.45) is 11.3. The lowest BCUT2D eigenvalue weighted by atomic mass is 10.1. The predicted octanol–water partition coefficient (Wildman–Crippen LogP) is 5.91. The van der Waals surface area contributed by atoms with Crippen molar-refractivity contribution in [3.8, 4) is 39.7 Å². The first-order chi connectivity index (χ1) is 16.2. The average molecular weight is 439 g/mol. The molecule has 4 aromatic rings. The molecule has 2 aromatic heterocycles. The molecule has 2 aromatic carbocycles. The summed E-state index contributed by atoms with van der Waals surface area (Å²) >= 11 is 0. The molecule has 0 amide bonds. The van der Waals surface area contributed by atoms with Crippen molar-refractivity contribution < 1.29 is 9.47 Å². The second kappa shape index (κ2) is 10.4. The first-order valence-corrected chi connectivity index (χ1v) is 10.5. The van der Waals surface area contributed by atoms with Crippen LogP contribution in [0.4, 0.5) is 0 Å². The highest BCUT2D eigenvalue weighted by atomic mass is 16.5. The minimum atomic E-state index is 0.578. The van der Waals surface area contributed by atoms with Gasteiger partial charge >= 0.3 is 0 Å². The monoisotopic (exact) mass is 438 g/mol. The summed E-state index contributed by atoms with van der Waals surface area (Å²) in [5, 5.41) is 0. The molecule has 0 radical (unpaired) electrons. The Morgan fingerprint density at radius 1 is 0.939 bits per heavy atom. The summed E-state index contributed by atoms with van der Waals surface area (Å²) in [7, 11) is 3.32. The quantitative estimate of drug-likeness (QED) is 0.318. The van der Waals surface area contributed by atoms with Gasteiger partial charge in [0, 0.05) is 23.8 Å². The molecular weight excluding hydrogens is 412 g/mol. The van der Waals surface area contributed by atoms with E-state index in [0.29, 0.717) is 6.61 Å². The van der Waals surface area contributed by atoms with Crippen molar-refractivity contribution in [2.24, 2.45) is 0 Å². The standard InChI is InChI=1S/C27H26N4O2/c1-19(10-5-4-8-15-32-2)26-28-17-23(30-26)20-11-9-12-21(16-20)24-18-29-27(31-24)22-13-6-7-14-25(22)33-3/h4-14,16-18H,1,15H2,2-3H3,(H,28,30)(H,29,31)/b8-4-,10-5-. The van der Waals surface area contributed by atoms with E-state index >= 15 is 0 Å². The second-order valence-electron chi connectivity index (χ2n) is 7.34. The van der Waals surface area contributed by atoms with Crippen molar-refractivity contribution in [1.29, 1.82) is 0 Å². The maximum atomic E-state index is 5.46. The van der Waals surface area contributed by atoms with E-state index in [1.54, 1.807) is 14.2 Å². The Balaban J connectivity index is 1.54. The number of nitrogens with zero attached hydrogens (tertiary/aromatic N) is 2. The average Bonchev–Trinajstić information content (AvgIpc) is 3.54. The van der Waals surface area contributed by atoms with Gasteiger partial charge in [0.1, 0.15) is 17.4 Å². The zero-order valence-corrected chi connectivity index (χ0v) is 18.7. The molecule has 0 aliphatic carbocycles. The predicted molar refractivity (Wildman–Crippen MR) is 133 cm³/mol. The molecule has 0 aliphatic rings. The Labute approximate surface area is 193 Å². The number of H-pyrrole nitrogens is 2. The first kappa shape index (κ1) is 22.0. The van der Waals surface area contributed by atoms with E-state index in [0.717, 1.165) is 51.0 Å². The summed E-state index contributed by atoms with van der Waals surface area (Å²) in [6, 6.07) is 16.0. The lowest BCUT2D eigenvalue weighted by Crippen LogP contribution is -1.88. The molecule has 0 saturated heterocycles. The van der Waals surface area contributed by atoms with Crippen LogP contribution in [0.1, 0.15) is 5.82 Å². The third-order valence-electron chi connectivity index (χ3n) is 5.11. The van der Waals surface area contributed by atoms with Gasteiger partial charge in [-0.1, -0.05) is 61.2 Å². The number of ether oxygens (including phenoxy) is 2. The molecule has 0 unspecified atom stereocenters. The second-order valence-corrected chi connectivity index (χ2v) is 7.34. The summed E-state index contributed by atoms with van der Waals surface area (Å²) in [5.74, 6) is 2.27. The van der Waals surface area contributed by atoms with Gasteiger partial charge in [-0.15, -0.1) is 0 Å². The third-order valence-corrected chi connectivity index (χ3v) is 5.11. The van der Waals surface area contributed by atoms with Crippen molar-refractivity contribution in [1.82, 2.24) is 19.9 Å². The van der Waals surface area contributed by atoms with E-state index in [9.17, 15) is 0 Å². The number of aromatic nitrogens is 4. The minimum Gasteiger partial charge on any atom is -0.496 e. The fraction of sp³-hybridized carbons (Fsp3) is 0.111. The van der Waals surface area contributed by atoms with Gasteiger partial charge in [-0.25, -0.2) is 9.97 Å². The molecule has 0 atom stereocenters. The molecule has 0 aliphatic heterocycles. The molecule has 0 saturated carbocycles. The van der Waals surface area contributed by atoms with E-state index < -0.39 is 0 Å². The number of hydrogen-bond acceptors (Lipinski definition) is 4. The van der Waals surface area contributed by atoms with Crippen LogP contribution in [0, 0.1) is 0 Å². The van der Waals surface area contributed by atoms with Crippen molar-refractivity contribution in [2.75, 3.05) is 20.8 Å². The zero-order chi connectivity index (χ0) is 23.0. The van der Waals surface area contributed by atoms with Crippen LogP contribution in [0.15, 0.2) is 91.8 Å². The molecule has 33 heavy (non-hydrogen) atoms. The maximum Gasteiger partial charge on any atom is 0.141 e. The molecule has 6 nitrogen and oxygen atoms in total. The molecule has 6 heteroatoms. The third kappa shape index (κ3) is 5.19. The van der Waals surface area contributed by atoms with Gasteiger partial charge in [0.05, 0.1) is 43.1 Å². The number of allylic oxidation sites excluding steroid dienone is 4. The summed E-state index contributed by atoms with van der Waals surface area (Å²) in [5.41, 5.74) is 5.61. The van der Waals surface area contributed by atoms with Gasteiger partial charge < -0.3 is 19.4 Å². The Hall–Kier alpha value is -4.16. The molecule has 0 bridgehead atoms. The van der Waals surface area contributed by atoms with Gasteiger partial charge in [0.25, 0.3) is 0 Å². The summed E-state index contributed by atoms with van der Waals surface area (Å²) in [4.78, 5) is 15.8. The Morgan fingerprint density at radius 3 is 2.48 bits per heavy atom. The van der Waals surface area contributed by atoms with Crippen LogP contribution in [0.3, 0.4) is 0 Å². The molecule has 0 fully saturated rings. The highest BCUT2D eigenvalue weighted by Gasteiger charge is 2.11. The molecule has 2 heterocycles. The van der Waals surface area contributed by atoms with Crippen molar-refractivity contribution in [3.05, 3.63) is 97.6 Å². The lowest BCUT2D eigenvalue weighted by molar-refractivity contribution is 0.234. The van der Waals surface area contributed by atoms with Crippen LogP contribution in [0.25, 0.3) is 39.5 Å². The summed E-state index contributed by atoms with van der Waals surface area (Å²) in [6.45, 7) is 4.67. The van der Waals surface area contributed by atoms with Crippen molar-refractivity contribution >= 4 is 5.57 Å². The van der Waals surface area contributed by atoms with Crippen LogP contribution in [0.2, 0.25) is 0 Å². The van der Waals surface area contributed by atoms with E-state index in [1.807, 2.05) is 79.2 Å². The topological polar surface area (TPSA) is 75.8 Å². The van der Waals surface area contributed by atoms with Crippen LogP contribution in [0.5, 0.6) is 5.75 Å². The summed E-state index contributed by atoms with van der Waals surface area (Å²) < 4.78 is 10.5. The first-order valence-electron chi connectivity index (χ1n) is 10.5. The van der Waals surface area contributed by atoms with E-state index in [4.69, 9.17) is 9.47 Å². The number of rotatable bonds is 9. The maximum absolute atomic E-state index is 5.46. The van der Waals surface area contributed by atoms with E-state index in [2.05, 4.69) is 32.6 Å². The molecule has 0 spiro atoms. The zero-order valence-electron chi connectivity index (χ0n) is 18.7. The van der Waals surface area contributed by atoms with E-state index in [-0.39, 0.29) is 0 Å². The number of aromatic amines is 2. The molecule has 166 valence electrons. The molecular formula is C27H26N4O2. The Morgan fingerprint density at radius 2 is 1.70 bits per heavy atom. The number of imidazole rings is 2. The smallest absolute Gasteiger partial charge is 0.141 e. The minimum absolute atomic E-state index is 0.578. The highest BCUT2D eigenvalue weighted by molar-refractivity contribution is 5.74. The van der Waals surface area contributed by atoms with E-state index in [1.165, 1.54) is 0 Å². The van der Waals surface area contributed by atoms with Crippen molar-refractivity contribution in [3.63, 3.8) is 0 Å². The fourth-order valence-electron chi connectivity index (χ4n) is 3.41. The van der Waals surface area contributed by atoms with Crippen molar-refractivity contribution in [2.45, 2.75) is 0 Å². The number of methoxy groups -OCH3 is 2. The molecule has 2 N–H and O–H groups in total. The number of nitrogens with one attached hydrogen (secondary N) is 2. The molecule has 4 rings (SSSR count). The SMILES string of the molecule is C=C(/C=C\C=C/COC)c1ncc(-c2cccc(-c3cnc(-c4ccccc4OC)[nH]3)c2)[nH]1. The highest BCUT2D eigenvalue weighted by Crippen LogP contribution is 2.30. The lowest BCUT2D eigenvalue weighted by Gasteiger charge is -2.05.